The number of carbonyl (C=O) groups is 1. The van der Waals surface area contributed by atoms with Gasteiger partial charge in [-0.15, -0.1) is 0 Å². The van der Waals surface area contributed by atoms with Gasteiger partial charge in [0.1, 0.15) is 5.82 Å². The van der Waals surface area contributed by atoms with Gasteiger partial charge in [-0.2, -0.15) is 0 Å². The van der Waals surface area contributed by atoms with Gasteiger partial charge in [0.2, 0.25) is 5.91 Å². The third-order valence-corrected chi connectivity index (χ3v) is 6.40. The van der Waals surface area contributed by atoms with Crippen LogP contribution in [0.1, 0.15) is 73.7 Å². The first-order valence-corrected chi connectivity index (χ1v) is 10.9. The molecule has 3 heterocycles. The van der Waals surface area contributed by atoms with Gasteiger partial charge in [-0.1, -0.05) is 38.1 Å². The van der Waals surface area contributed by atoms with Crippen LogP contribution in [0.15, 0.2) is 30.5 Å². The monoisotopic (exact) mass is 392 g/mol. The van der Waals surface area contributed by atoms with Crippen LogP contribution in [0.5, 0.6) is 0 Å². The molecule has 2 aliphatic heterocycles. The summed E-state index contributed by atoms with van der Waals surface area (Å²) >= 11 is 0. The van der Waals surface area contributed by atoms with Crippen LogP contribution in [-0.4, -0.2) is 45.3 Å². The molecular weight excluding hydrogens is 360 g/mol. The summed E-state index contributed by atoms with van der Waals surface area (Å²) in [5, 5.41) is 0. The van der Waals surface area contributed by atoms with Crippen LogP contribution in [-0.2, 0) is 24.3 Å². The first-order chi connectivity index (χ1) is 14.0. The van der Waals surface area contributed by atoms with E-state index in [-0.39, 0.29) is 5.91 Å². The fourth-order valence-electron chi connectivity index (χ4n) is 4.41. The predicted octanol–water partition coefficient (Wildman–Crippen LogP) is 3.88. The lowest BCUT2D eigenvalue weighted by molar-refractivity contribution is -0.129. The van der Waals surface area contributed by atoms with Gasteiger partial charge in [0.15, 0.2) is 0 Å². The average Bonchev–Trinajstić information content (AvgIpc) is 2.74. The third kappa shape index (κ3) is 4.67. The van der Waals surface area contributed by atoms with Crippen molar-refractivity contribution in [3.63, 3.8) is 0 Å². The van der Waals surface area contributed by atoms with Gasteiger partial charge in [0.05, 0.1) is 5.69 Å². The summed E-state index contributed by atoms with van der Waals surface area (Å²) in [5.41, 5.74) is 5.05. The van der Waals surface area contributed by atoms with Gasteiger partial charge in [0.25, 0.3) is 0 Å². The Morgan fingerprint density at radius 1 is 1.14 bits per heavy atom. The lowest BCUT2D eigenvalue weighted by atomic mass is 9.94. The van der Waals surface area contributed by atoms with Crippen LogP contribution in [0.2, 0.25) is 0 Å². The van der Waals surface area contributed by atoms with Crippen molar-refractivity contribution in [3.05, 3.63) is 58.7 Å². The SMILES string of the molecule is CC(=O)N1CCc2nc(C3CCN(Cc4ccc(C(C)C)cc4)CC3)ncc2C1. The van der Waals surface area contributed by atoms with Crippen LogP contribution < -0.4 is 0 Å². The molecule has 2 aliphatic rings. The van der Waals surface area contributed by atoms with E-state index in [0.717, 1.165) is 62.5 Å². The van der Waals surface area contributed by atoms with Crippen molar-refractivity contribution < 1.29 is 4.79 Å². The van der Waals surface area contributed by atoms with E-state index >= 15 is 0 Å². The zero-order valence-corrected chi connectivity index (χ0v) is 17.9. The Morgan fingerprint density at radius 2 is 1.86 bits per heavy atom. The first kappa shape index (κ1) is 20.0. The van der Waals surface area contributed by atoms with E-state index in [0.29, 0.717) is 18.4 Å². The summed E-state index contributed by atoms with van der Waals surface area (Å²) in [6.07, 6.45) is 5.02. The summed E-state index contributed by atoms with van der Waals surface area (Å²) < 4.78 is 0. The second-order valence-corrected chi connectivity index (χ2v) is 8.84. The molecule has 0 spiro atoms. The minimum absolute atomic E-state index is 0.131. The van der Waals surface area contributed by atoms with Gasteiger partial charge < -0.3 is 4.90 Å². The van der Waals surface area contributed by atoms with E-state index in [1.807, 2.05) is 11.1 Å². The van der Waals surface area contributed by atoms with Crippen LogP contribution in [0.25, 0.3) is 0 Å². The molecule has 1 saturated heterocycles. The molecule has 1 fully saturated rings. The normalized spacial score (nSPS) is 18.1. The fraction of sp³-hybridized carbons (Fsp3) is 0.542. The third-order valence-electron chi connectivity index (χ3n) is 6.40. The molecule has 1 aromatic heterocycles. The Bertz CT molecular complexity index is 854. The van der Waals surface area contributed by atoms with Crippen LogP contribution in [0.3, 0.4) is 0 Å². The second kappa shape index (κ2) is 8.62. The number of likely N-dealkylation sites (tertiary alicyclic amines) is 1. The summed E-state index contributed by atoms with van der Waals surface area (Å²) in [6.45, 7) is 10.7. The van der Waals surface area contributed by atoms with E-state index < -0.39 is 0 Å². The zero-order valence-electron chi connectivity index (χ0n) is 17.9. The maximum atomic E-state index is 11.6. The maximum Gasteiger partial charge on any atom is 0.219 e. The Hall–Kier alpha value is -2.27. The predicted molar refractivity (Wildman–Crippen MR) is 115 cm³/mol. The number of carbonyl (C=O) groups excluding carboxylic acids is 1. The lowest BCUT2D eigenvalue weighted by Gasteiger charge is -2.32. The summed E-state index contributed by atoms with van der Waals surface area (Å²) in [4.78, 5) is 25.6. The fourth-order valence-corrected chi connectivity index (χ4v) is 4.41. The van der Waals surface area contributed by atoms with Gasteiger partial charge in [-0.3, -0.25) is 9.69 Å². The standard InChI is InChI=1S/C24H32N4O/c1-17(2)20-6-4-19(5-7-20)15-27-11-8-21(9-12-27)24-25-14-22-16-28(18(3)29)13-10-23(22)26-24/h4-7,14,17,21H,8-13,15-16H2,1-3H3. The molecule has 4 rings (SSSR count). The minimum Gasteiger partial charge on any atom is -0.338 e. The van der Waals surface area contributed by atoms with E-state index in [1.54, 1.807) is 6.92 Å². The summed E-state index contributed by atoms with van der Waals surface area (Å²) in [6, 6.07) is 9.08. The van der Waals surface area contributed by atoms with Crippen molar-refractivity contribution in [2.24, 2.45) is 0 Å². The molecular formula is C24H32N4O. The number of benzene rings is 1. The molecule has 1 amide bonds. The smallest absolute Gasteiger partial charge is 0.219 e. The Labute approximate surface area is 174 Å². The van der Waals surface area contributed by atoms with Crippen molar-refractivity contribution >= 4 is 5.91 Å². The molecule has 2 aromatic rings. The number of nitrogens with zero attached hydrogens (tertiary/aromatic N) is 4. The number of piperidine rings is 1. The number of aromatic nitrogens is 2. The van der Waals surface area contributed by atoms with Crippen molar-refractivity contribution in [1.82, 2.24) is 19.8 Å². The van der Waals surface area contributed by atoms with E-state index in [9.17, 15) is 4.79 Å². The Morgan fingerprint density at radius 3 is 2.52 bits per heavy atom. The van der Waals surface area contributed by atoms with Gasteiger partial charge >= 0.3 is 0 Å². The number of fused-ring (bicyclic) bond motifs is 1. The largest absolute Gasteiger partial charge is 0.338 e. The molecule has 5 heteroatoms. The molecule has 0 bridgehead atoms. The van der Waals surface area contributed by atoms with Crippen molar-refractivity contribution in [2.75, 3.05) is 19.6 Å². The highest BCUT2D eigenvalue weighted by Gasteiger charge is 2.25. The molecule has 0 atom stereocenters. The molecule has 0 N–H and O–H groups in total. The highest BCUT2D eigenvalue weighted by molar-refractivity contribution is 5.73. The molecule has 0 saturated carbocycles. The van der Waals surface area contributed by atoms with E-state index in [4.69, 9.17) is 4.98 Å². The molecule has 154 valence electrons. The number of hydrogen-bond acceptors (Lipinski definition) is 4. The van der Waals surface area contributed by atoms with E-state index in [1.165, 1.54) is 11.1 Å². The highest BCUT2D eigenvalue weighted by atomic mass is 16.2. The number of rotatable bonds is 4. The van der Waals surface area contributed by atoms with Crippen molar-refractivity contribution in [2.45, 2.75) is 65.0 Å². The Balaban J connectivity index is 1.33. The number of amides is 1. The summed E-state index contributed by atoms with van der Waals surface area (Å²) in [5.74, 6) is 2.17. The molecule has 0 unspecified atom stereocenters. The zero-order chi connectivity index (χ0) is 20.4. The van der Waals surface area contributed by atoms with Gasteiger partial charge in [-0.05, 0) is 43.0 Å². The van der Waals surface area contributed by atoms with Crippen LogP contribution >= 0.6 is 0 Å². The van der Waals surface area contributed by atoms with Gasteiger partial charge in [-0.25, -0.2) is 9.97 Å². The molecule has 0 radical (unpaired) electrons. The molecule has 29 heavy (non-hydrogen) atoms. The summed E-state index contributed by atoms with van der Waals surface area (Å²) in [7, 11) is 0. The molecule has 1 aromatic carbocycles. The van der Waals surface area contributed by atoms with Crippen LogP contribution in [0, 0.1) is 0 Å². The van der Waals surface area contributed by atoms with E-state index in [2.05, 4.69) is 48.0 Å². The average molecular weight is 393 g/mol. The lowest BCUT2D eigenvalue weighted by Crippen LogP contribution is -2.35. The Kier molecular flexibility index (Phi) is 5.95. The van der Waals surface area contributed by atoms with Crippen molar-refractivity contribution in [3.8, 4) is 0 Å². The minimum atomic E-state index is 0.131. The highest BCUT2D eigenvalue weighted by Crippen LogP contribution is 2.28. The second-order valence-electron chi connectivity index (χ2n) is 8.84. The van der Waals surface area contributed by atoms with Gasteiger partial charge in [0, 0.05) is 50.7 Å². The quantitative estimate of drug-likeness (QED) is 0.792. The molecule has 0 aliphatic carbocycles. The first-order valence-electron chi connectivity index (χ1n) is 10.9. The van der Waals surface area contributed by atoms with Crippen molar-refractivity contribution in [1.29, 1.82) is 0 Å². The molecule has 5 nitrogen and oxygen atoms in total. The van der Waals surface area contributed by atoms with Crippen LogP contribution in [0.4, 0.5) is 0 Å². The topological polar surface area (TPSA) is 49.3 Å². The number of hydrogen-bond donors (Lipinski definition) is 0. The maximum absolute atomic E-state index is 11.6.